The Morgan fingerprint density at radius 3 is 2.47 bits per heavy atom. The van der Waals surface area contributed by atoms with Crippen LogP contribution >= 0.6 is 11.3 Å². The van der Waals surface area contributed by atoms with E-state index < -0.39 is 10.0 Å². The Hall–Kier alpha value is -1.97. The number of fused-ring (bicyclic) bond motifs is 1. The fourth-order valence-electron chi connectivity index (χ4n) is 1.59. The van der Waals surface area contributed by atoms with Gasteiger partial charge in [0.05, 0.1) is 11.9 Å². The van der Waals surface area contributed by atoms with E-state index in [9.17, 15) is 8.42 Å². The number of sulfonamides is 1. The first-order valence-electron chi connectivity index (χ1n) is 5.18. The molecule has 1 aromatic carbocycles. The maximum Gasteiger partial charge on any atom is 0.267 e. The maximum atomic E-state index is 11.2. The second-order valence-corrected chi connectivity index (χ2v) is 6.58. The lowest BCUT2D eigenvalue weighted by molar-refractivity contribution is 0.595. The molecule has 98 valence electrons. The van der Waals surface area contributed by atoms with E-state index in [1.54, 1.807) is 18.3 Å². The number of aromatic nitrogens is 3. The van der Waals surface area contributed by atoms with Gasteiger partial charge in [-0.15, -0.1) is 5.10 Å². The molecule has 0 spiro atoms. The monoisotopic (exact) mass is 295 g/mol. The van der Waals surface area contributed by atoms with E-state index in [1.807, 2.05) is 12.1 Å². The molecule has 0 unspecified atom stereocenters. The van der Waals surface area contributed by atoms with Crippen LogP contribution < -0.4 is 10.9 Å². The molecule has 0 radical (unpaired) electrons. The van der Waals surface area contributed by atoms with E-state index in [1.165, 1.54) is 4.52 Å². The topological polar surface area (TPSA) is 116 Å². The summed E-state index contributed by atoms with van der Waals surface area (Å²) in [5.74, 6) is 0. The van der Waals surface area contributed by atoms with E-state index in [0.29, 0.717) is 16.3 Å². The molecule has 9 heteroatoms. The van der Waals surface area contributed by atoms with Crippen molar-refractivity contribution in [3.63, 3.8) is 0 Å². The summed E-state index contributed by atoms with van der Waals surface area (Å²) in [7, 11) is -3.79. The third-order valence-corrected chi connectivity index (χ3v) is 4.71. The Morgan fingerprint density at radius 2 is 1.89 bits per heavy atom. The van der Waals surface area contributed by atoms with Crippen LogP contribution in [0.3, 0.4) is 0 Å². The molecule has 2 heterocycles. The van der Waals surface area contributed by atoms with Crippen molar-refractivity contribution in [3.05, 3.63) is 30.5 Å². The minimum Gasteiger partial charge on any atom is -0.399 e. The minimum absolute atomic E-state index is 0.154. The van der Waals surface area contributed by atoms with Gasteiger partial charge in [0.2, 0.25) is 9.30 Å². The summed E-state index contributed by atoms with van der Waals surface area (Å²) in [4.78, 5) is 4.77. The molecule has 19 heavy (non-hydrogen) atoms. The van der Waals surface area contributed by atoms with Gasteiger partial charge in [0.1, 0.15) is 0 Å². The van der Waals surface area contributed by atoms with Crippen LogP contribution in [-0.4, -0.2) is 23.0 Å². The van der Waals surface area contributed by atoms with Crippen molar-refractivity contribution in [2.24, 2.45) is 5.14 Å². The highest BCUT2D eigenvalue weighted by molar-refractivity contribution is 7.91. The molecule has 0 amide bonds. The van der Waals surface area contributed by atoms with Crippen LogP contribution in [0.1, 0.15) is 0 Å². The van der Waals surface area contributed by atoms with Crippen LogP contribution in [0.15, 0.2) is 34.8 Å². The van der Waals surface area contributed by atoms with Crippen LogP contribution in [0.2, 0.25) is 0 Å². The number of primary sulfonamides is 1. The Bertz CT molecular complexity index is 816. The molecule has 0 saturated carbocycles. The first-order chi connectivity index (χ1) is 8.93. The van der Waals surface area contributed by atoms with Crippen molar-refractivity contribution < 1.29 is 8.42 Å². The van der Waals surface area contributed by atoms with Crippen molar-refractivity contribution in [1.82, 2.24) is 14.6 Å². The second-order valence-electron chi connectivity index (χ2n) is 3.89. The molecule has 7 nitrogen and oxygen atoms in total. The van der Waals surface area contributed by atoms with Crippen LogP contribution in [0.4, 0.5) is 5.69 Å². The molecule has 0 aliphatic carbocycles. The molecule has 0 aliphatic heterocycles. The fourth-order valence-corrected chi connectivity index (χ4v) is 3.10. The molecule has 3 aromatic rings. The number of imidazole rings is 1. The average molecular weight is 295 g/mol. The van der Waals surface area contributed by atoms with Crippen LogP contribution in [0.25, 0.3) is 16.2 Å². The number of benzene rings is 1. The molecule has 4 N–H and O–H groups in total. The normalized spacial score (nSPS) is 12.1. The number of nitrogens with zero attached hydrogens (tertiary/aromatic N) is 3. The van der Waals surface area contributed by atoms with Gasteiger partial charge < -0.3 is 5.73 Å². The summed E-state index contributed by atoms with van der Waals surface area (Å²) in [5.41, 5.74) is 7.85. The first kappa shape index (κ1) is 12.1. The number of rotatable bonds is 2. The molecule has 3 rings (SSSR count). The molecule has 0 fully saturated rings. The number of hydrogen-bond donors (Lipinski definition) is 2. The number of anilines is 1. The van der Waals surface area contributed by atoms with Gasteiger partial charge in [0.25, 0.3) is 10.0 Å². The summed E-state index contributed by atoms with van der Waals surface area (Å²) in [6.45, 7) is 0. The molecule has 0 atom stereocenters. The quantitative estimate of drug-likeness (QED) is 0.674. The summed E-state index contributed by atoms with van der Waals surface area (Å²) in [6.07, 6.45) is 1.64. The highest BCUT2D eigenvalue weighted by Crippen LogP contribution is 2.24. The molecular weight excluding hydrogens is 286 g/mol. The van der Waals surface area contributed by atoms with Gasteiger partial charge in [0.15, 0.2) is 0 Å². The standard InChI is InChI=1S/C10H9N5O2S2/c11-7-3-1-6(2-4-7)8-5-15-9(13-8)18-10(14-15)19(12,16)17/h1-5H,11H2,(H2,12,16,17). The highest BCUT2D eigenvalue weighted by Gasteiger charge is 2.17. The molecule has 2 aromatic heterocycles. The fraction of sp³-hybridized carbons (Fsp3) is 0. The molecule has 0 aliphatic rings. The van der Waals surface area contributed by atoms with Crippen LogP contribution in [0.5, 0.6) is 0 Å². The van der Waals surface area contributed by atoms with Crippen molar-refractivity contribution in [2.45, 2.75) is 4.34 Å². The summed E-state index contributed by atoms with van der Waals surface area (Å²) in [5, 5.41) is 8.89. The zero-order valence-electron chi connectivity index (χ0n) is 9.52. The molecule has 0 bridgehead atoms. The second kappa shape index (κ2) is 4.02. The lowest BCUT2D eigenvalue weighted by atomic mass is 10.1. The first-order valence-corrected chi connectivity index (χ1v) is 7.55. The van der Waals surface area contributed by atoms with E-state index in [-0.39, 0.29) is 4.34 Å². The van der Waals surface area contributed by atoms with Crippen molar-refractivity contribution >= 4 is 32.0 Å². The van der Waals surface area contributed by atoms with Gasteiger partial charge in [-0.3, -0.25) is 0 Å². The third-order valence-electron chi connectivity index (χ3n) is 2.47. The van der Waals surface area contributed by atoms with Gasteiger partial charge >= 0.3 is 0 Å². The van der Waals surface area contributed by atoms with Gasteiger partial charge in [-0.1, -0.05) is 23.5 Å². The lowest BCUT2D eigenvalue weighted by Crippen LogP contribution is -2.12. The van der Waals surface area contributed by atoms with Gasteiger partial charge in [0, 0.05) is 11.3 Å². The Morgan fingerprint density at radius 1 is 1.21 bits per heavy atom. The largest absolute Gasteiger partial charge is 0.399 e. The SMILES string of the molecule is Nc1ccc(-c2cn3nc(S(N)(=O)=O)sc3n2)cc1. The van der Waals surface area contributed by atoms with E-state index in [2.05, 4.69) is 10.1 Å². The summed E-state index contributed by atoms with van der Waals surface area (Å²) in [6, 6.07) is 7.21. The van der Waals surface area contributed by atoms with Gasteiger partial charge in [-0.05, 0) is 12.1 Å². The summed E-state index contributed by atoms with van der Waals surface area (Å²) >= 11 is 0.926. The molecular formula is C10H9N5O2S2. The maximum absolute atomic E-state index is 11.2. The predicted octanol–water partition coefficient (Wildman–Crippen LogP) is 0.687. The minimum atomic E-state index is -3.79. The third kappa shape index (κ3) is 2.18. The van der Waals surface area contributed by atoms with Crippen LogP contribution in [-0.2, 0) is 10.0 Å². The van der Waals surface area contributed by atoms with E-state index in [4.69, 9.17) is 10.9 Å². The Kier molecular flexibility index (Phi) is 2.55. The number of nitrogens with two attached hydrogens (primary N) is 2. The zero-order valence-corrected chi connectivity index (χ0v) is 11.1. The van der Waals surface area contributed by atoms with Crippen LogP contribution in [0, 0.1) is 0 Å². The van der Waals surface area contributed by atoms with Crippen molar-refractivity contribution in [2.75, 3.05) is 5.73 Å². The lowest BCUT2D eigenvalue weighted by Gasteiger charge is -1.96. The number of hydrogen-bond acceptors (Lipinski definition) is 6. The van der Waals surface area contributed by atoms with E-state index in [0.717, 1.165) is 16.9 Å². The van der Waals surface area contributed by atoms with Crippen molar-refractivity contribution in [3.8, 4) is 11.3 Å². The predicted molar refractivity (Wildman–Crippen MR) is 72.1 cm³/mol. The highest BCUT2D eigenvalue weighted by atomic mass is 32.2. The Balaban J connectivity index is 2.08. The Labute approximate surface area is 112 Å². The van der Waals surface area contributed by atoms with Gasteiger partial charge in [-0.25, -0.2) is 23.1 Å². The number of nitrogen functional groups attached to an aromatic ring is 1. The van der Waals surface area contributed by atoms with Crippen molar-refractivity contribution in [1.29, 1.82) is 0 Å². The van der Waals surface area contributed by atoms with E-state index >= 15 is 0 Å². The van der Waals surface area contributed by atoms with Gasteiger partial charge in [-0.2, -0.15) is 0 Å². The zero-order chi connectivity index (χ0) is 13.6. The smallest absolute Gasteiger partial charge is 0.267 e. The molecule has 0 saturated heterocycles. The average Bonchev–Trinajstić information content (AvgIpc) is 2.86. The summed E-state index contributed by atoms with van der Waals surface area (Å²) < 4.78 is 23.6.